The van der Waals surface area contributed by atoms with Gasteiger partial charge in [0, 0.05) is 5.56 Å². The van der Waals surface area contributed by atoms with Crippen LogP contribution in [0.15, 0.2) is 48.5 Å². The summed E-state index contributed by atoms with van der Waals surface area (Å²) in [5.41, 5.74) is 3.33. The van der Waals surface area contributed by atoms with Crippen molar-refractivity contribution in [1.29, 1.82) is 0 Å². The summed E-state index contributed by atoms with van der Waals surface area (Å²) in [6.45, 7) is 6.86. The fraction of sp³-hybridized carbons (Fsp3) is 0.368. The Morgan fingerprint density at radius 3 is 2.29 bits per heavy atom. The number of aliphatic hydroxyl groups excluding tert-OH is 1. The maximum absolute atomic E-state index is 10.0. The Hall–Kier alpha value is -1.80. The molecule has 112 valence electrons. The van der Waals surface area contributed by atoms with E-state index in [9.17, 15) is 5.11 Å². The second-order valence-corrected chi connectivity index (χ2v) is 5.65. The van der Waals surface area contributed by atoms with Gasteiger partial charge in [-0.3, -0.25) is 0 Å². The van der Waals surface area contributed by atoms with Crippen molar-refractivity contribution in [2.75, 3.05) is 0 Å². The van der Waals surface area contributed by atoms with Crippen LogP contribution < -0.4 is 4.74 Å². The molecule has 21 heavy (non-hydrogen) atoms. The molecule has 0 aliphatic carbocycles. The SMILES string of the molecule is CC[C@@H](O)c1ccccc1OCc1ccc(C(C)C)cc1. The Morgan fingerprint density at radius 2 is 1.67 bits per heavy atom. The molecule has 2 nitrogen and oxygen atoms in total. The standard InChI is InChI=1S/C19H24O2/c1-4-18(20)17-7-5-6-8-19(17)21-13-15-9-11-16(12-10-15)14(2)3/h5-12,14,18,20H,4,13H2,1-3H3/t18-/m1/s1. The molecule has 0 aromatic heterocycles. The zero-order valence-electron chi connectivity index (χ0n) is 13.0. The molecule has 1 atom stereocenters. The van der Waals surface area contributed by atoms with Gasteiger partial charge in [0.15, 0.2) is 0 Å². The van der Waals surface area contributed by atoms with Gasteiger partial charge in [0.2, 0.25) is 0 Å². The molecule has 0 amide bonds. The Labute approximate surface area is 127 Å². The lowest BCUT2D eigenvalue weighted by Gasteiger charge is -2.15. The molecule has 0 radical (unpaired) electrons. The number of rotatable bonds is 6. The van der Waals surface area contributed by atoms with Crippen molar-refractivity contribution < 1.29 is 9.84 Å². The van der Waals surface area contributed by atoms with Crippen LogP contribution in [0.25, 0.3) is 0 Å². The van der Waals surface area contributed by atoms with Crippen LogP contribution in [0.1, 0.15) is 55.9 Å². The van der Waals surface area contributed by atoms with Crippen molar-refractivity contribution >= 4 is 0 Å². The van der Waals surface area contributed by atoms with E-state index in [0.717, 1.165) is 16.9 Å². The number of aliphatic hydroxyl groups is 1. The quantitative estimate of drug-likeness (QED) is 0.823. The van der Waals surface area contributed by atoms with Gasteiger partial charge in [-0.1, -0.05) is 63.2 Å². The minimum atomic E-state index is -0.468. The van der Waals surface area contributed by atoms with Crippen molar-refractivity contribution in [3.05, 3.63) is 65.2 Å². The highest BCUT2D eigenvalue weighted by atomic mass is 16.5. The molecule has 0 saturated heterocycles. The molecule has 0 unspecified atom stereocenters. The summed E-state index contributed by atoms with van der Waals surface area (Å²) in [4.78, 5) is 0. The van der Waals surface area contributed by atoms with E-state index >= 15 is 0 Å². The Morgan fingerprint density at radius 1 is 1.00 bits per heavy atom. The monoisotopic (exact) mass is 284 g/mol. The van der Waals surface area contributed by atoms with E-state index in [-0.39, 0.29) is 0 Å². The van der Waals surface area contributed by atoms with Gasteiger partial charge in [-0.05, 0) is 29.5 Å². The number of hydrogen-bond acceptors (Lipinski definition) is 2. The molecule has 0 saturated carbocycles. The van der Waals surface area contributed by atoms with E-state index in [4.69, 9.17) is 4.74 Å². The summed E-state index contributed by atoms with van der Waals surface area (Å²) in [6, 6.07) is 16.2. The van der Waals surface area contributed by atoms with E-state index in [2.05, 4.69) is 38.1 Å². The first kappa shape index (κ1) is 15.6. The van der Waals surface area contributed by atoms with Crippen molar-refractivity contribution in [3.8, 4) is 5.75 Å². The van der Waals surface area contributed by atoms with Gasteiger partial charge < -0.3 is 9.84 Å². The van der Waals surface area contributed by atoms with E-state index in [1.54, 1.807) is 0 Å². The van der Waals surface area contributed by atoms with Crippen LogP contribution in [0, 0.1) is 0 Å². The van der Waals surface area contributed by atoms with Crippen LogP contribution in [-0.2, 0) is 6.61 Å². The molecule has 1 N–H and O–H groups in total. The highest BCUT2D eigenvalue weighted by Gasteiger charge is 2.11. The molecule has 0 aliphatic rings. The van der Waals surface area contributed by atoms with Crippen molar-refractivity contribution in [2.45, 2.75) is 45.8 Å². The molecule has 2 aromatic carbocycles. The molecule has 0 fully saturated rings. The minimum Gasteiger partial charge on any atom is -0.489 e. The average molecular weight is 284 g/mol. The van der Waals surface area contributed by atoms with Gasteiger partial charge in [0.05, 0.1) is 6.10 Å². The largest absolute Gasteiger partial charge is 0.489 e. The topological polar surface area (TPSA) is 29.5 Å². The molecule has 0 aliphatic heterocycles. The molecular formula is C19H24O2. The maximum atomic E-state index is 10.0. The van der Waals surface area contributed by atoms with Crippen molar-refractivity contribution in [3.63, 3.8) is 0 Å². The van der Waals surface area contributed by atoms with Gasteiger partial charge in [-0.15, -0.1) is 0 Å². The van der Waals surface area contributed by atoms with Crippen LogP contribution in [0.3, 0.4) is 0 Å². The lowest BCUT2D eigenvalue weighted by molar-refractivity contribution is 0.166. The van der Waals surface area contributed by atoms with Crippen molar-refractivity contribution in [2.24, 2.45) is 0 Å². The average Bonchev–Trinajstić information content (AvgIpc) is 2.52. The summed E-state index contributed by atoms with van der Waals surface area (Å²) >= 11 is 0. The first-order valence-corrected chi connectivity index (χ1v) is 7.60. The Balaban J connectivity index is 2.06. The highest BCUT2D eigenvalue weighted by Crippen LogP contribution is 2.27. The zero-order valence-corrected chi connectivity index (χ0v) is 13.0. The van der Waals surface area contributed by atoms with Gasteiger partial charge in [-0.25, -0.2) is 0 Å². The van der Waals surface area contributed by atoms with Gasteiger partial charge in [0.1, 0.15) is 12.4 Å². The first-order chi connectivity index (χ1) is 10.1. The van der Waals surface area contributed by atoms with E-state index < -0.39 is 6.10 Å². The summed E-state index contributed by atoms with van der Waals surface area (Å²) in [5.74, 6) is 1.31. The zero-order chi connectivity index (χ0) is 15.2. The lowest BCUT2D eigenvalue weighted by atomic mass is 10.0. The smallest absolute Gasteiger partial charge is 0.125 e. The molecule has 2 aromatic rings. The number of hydrogen-bond donors (Lipinski definition) is 1. The third-order valence-electron chi connectivity index (χ3n) is 3.71. The van der Waals surface area contributed by atoms with Gasteiger partial charge in [0.25, 0.3) is 0 Å². The summed E-state index contributed by atoms with van der Waals surface area (Å²) in [6.07, 6.45) is 0.216. The predicted molar refractivity (Wildman–Crippen MR) is 86.6 cm³/mol. The number of benzene rings is 2. The summed E-state index contributed by atoms with van der Waals surface area (Å²) in [5, 5.41) is 10.0. The van der Waals surface area contributed by atoms with Crippen LogP contribution >= 0.6 is 0 Å². The van der Waals surface area contributed by atoms with E-state index in [1.165, 1.54) is 5.56 Å². The maximum Gasteiger partial charge on any atom is 0.125 e. The normalized spacial score (nSPS) is 12.4. The molecule has 2 rings (SSSR count). The van der Waals surface area contributed by atoms with E-state index in [0.29, 0.717) is 18.9 Å². The fourth-order valence-corrected chi connectivity index (χ4v) is 2.27. The predicted octanol–water partition coefficient (Wildman–Crippen LogP) is 4.83. The van der Waals surface area contributed by atoms with Crippen LogP contribution in [0.4, 0.5) is 0 Å². The van der Waals surface area contributed by atoms with Crippen LogP contribution in [0.5, 0.6) is 5.75 Å². The van der Waals surface area contributed by atoms with Crippen molar-refractivity contribution in [1.82, 2.24) is 0 Å². The third kappa shape index (κ3) is 4.08. The second-order valence-electron chi connectivity index (χ2n) is 5.65. The molecule has 0 bridgehead atoms. The van der Waals surface area contributed by atoms with Gasteiger partial charge >= 0.3 is 0 Å². The second kappa shape index (κ2) is 7.28. The third-order valence-corrected chi connectivity index (χ3v) is 3.71. The van der Waals surface area contributed by atoms with Crippen LogP contribution in [0.2, 0.25) is 0 Å². The Bertz CT molecular complexity index is 558. The molecule has 0 heterocycles. The molecular weight excluding hydrogens is 260 g/mol. The van der Waals surface area contributed by atoms with Gasteiger partial charge in [-0.2, -0.15) is 0 Å². The summed E-state index contributed by atoms with van der Waals surface area (Å²) < 4.78 is 5.89. The van der Waals surface area contributed by atoms with Crippen LogP contribution in [-0.4, -0.2) is 5.11 Å². The minimum absolute atomic E-state index is 0.468. The number of ether oxygens (including phenoxy) is 1. The lowest BCUT2D eigenvalue weighted by Crippen LogP contribution is -2.02. The summed E-state index contributed by atoms with van der Waals surface area (Å²) in [7, 11) is 0. The Kier molecular flexibility index (Phi) is 5.40. The molecule has 2 heteroatoms. The first-order valence-electron chi connectivity index (χ1n) is 7.60. The van der Waals surface area contributed by atoms with E-state index in [1.807, 2.05) is 31.2 Å². The highest BCUT2D eigenvalue weighted by molar-refractivity contribution is 5.35. The fourth-order valence-electron chi connectivity index (χ4n) is 2.27. The molecule has 0 spiro atoms. The number of para-hydroxylation sites is 1.